The van der Waals surface area contributed by atoms with Crippen LogP contribution in [0.3, 0.4) is 0 Å². The highest BCUT2D eigenvalue weighted by atomic mass is 32.2. The van der Waals surface area contributed by atoms with Gasteiger partial charge in [-0.25, -0.2) is 12.8 Å². The monoisotopic (exact) mass is 336 g/mol. The van der Waals surface area contributed by atoms with Crippen LogP contribution < -0.4 is 10.6 Å². The second kappa shape index (κ2) is 6.78. The Labute approximate surface area is 134 Å². The molecule has 122 valence electrons. The van der Waals surface area contributed by atoms with E-state index in [2.05, 4.69) is 10.6 Å². The zero-order valence-corrected chi connectivity index (χ0v) is 13.6. The van der Waals surface area contributed by atoms with Gasteiger partial charge < -0.3 is 10.6 Å². The van der Waals surface area contributed by atoms with Gasteiger partial charge in [-0.15, -0.1) is 0 Å². The molecule has 0 atom stereocenters. The molecule has 0 spiro atoms. The SMILES string of the molecule is Cc1ccc(NCC(=O)Nc2ccc(S(C)(=O)=O)cc2)c(F)c1. The van der Waals surface area contributed by atoms with Crippen LogP contribution in [0.15, 0.2) is 47.4 Å². The van der Waals surface area contributed by atoms with Crippen LogP contribution in [0.2, 0.25) is 0 Å². The number of hydrogen-bond acceptors (Lipinski definition) is 4. The molecule has 2 N–H and O–H groups in total. The normalized spacial score (nSPS) is 11.1. The van der Waals surface area contributed by atoms with Gasteiger partial charge in [0.15, 0.2) is 9.84 Å². The molecule has 0 aliphatic carbocycles. The summed E-state index contributed by atoms with van der Waals surface area (Å²) < 4.78 is 36.3. The first-order chi connectivity index (χ1) is 10.8. The Morgan fingerprint density at radius 3 is 2.35 bits per heavy atom. The fourth-order valence-corrected chi connectivity index (χ4v) is 2.56. The topological polar surface area (TPSA) is 75.3 Å². The third-order valence-corrected chi connectivity index (χ3v) is 4.26. The highest BCUT2D eigenvalue weighted by molar-refractivity contribution is 7.90. The maximum atomic E-state index is 13.6. The van der Waals surface area contributed by atoms with Crippen LogP contribution in [0, 0.1) is 12.7 Å². The minimum atomic E-state index is -3.27. The van der Waals surface area contributed by atoms with Crippen molar-refractivity contribution >= 4 is 27.1 Å². The van der Waals surface area contributed by atoms with E-state index in [1.54, 1.807) is 19.1 Å². The van der Waals surface area contributed by atoms with Gasteiger partial charge in [-0.2, -0.15) is 0 Å². The molecule has 0 saturated carbocycles. The number of amides is 1. The summed E-state index contributed by atoms with van der Waals surface area (Å²) in [5, 5.41) is 5.32. The predicted molar refractivity (Wildman–Crippen MR) is 87.8 cm³/mol. The van der Waals surface area contributed by atoms with Gasteiger partial charge in [-0.3, -0.25) is 4.79 Å². The summed E-state index contributed by atoms with van der Waals surface area (Å²) >= 11 is 0. The van der Waals surface area contributed by atoms with Crippen molar-refractivity contribution in [3.63, 3.8) is 0 Å². The van der Waals surface area contributed by atoms with Crippen LogP contribution in [0.5, 0.6) is 0 Å². The van der Waals surface area contributed by atoms with E-state index in [4.69, 9.17) is 0 Å². The summed E-state index contributed by atoms with van der Waals surface area (Å²) in [6.07, 6.45) is 1.11. The van der Waals surface area contributed by atoms with Crippen molar-refractivity contribution in [3.8, 4) is 0 Å². The van der Waals surface area contributed by atoms with Gasteiger partial charge in [0, 0.05) is 11.9 Å². The molecular formula is C16H17FN2O3S. The van der Waals surface area contributed by atoms with Crippen LogP contribution in [0.1, 0.15) is 5.56 Å². The highest BCUT2D eigenvalue weighted by Gasteiger charge is 2.08. The third kappa shape index (κ3) is 4.79. The number of benzene rings is 2. The van der Waals surface area contributed by atoms with Crippen LogP contribution in [0.25, 0.3) is 0 Å². The number of halogens is 1. The molecule has 0 saturated heterocycles. The number of aryl methyl sites for hydroxylation is 1. The summed E-state index contributed by atoms with van der Waals surface area (Å²) in [6.45, 7) is 1.67. The second-order valence-electron chi connectivity index (χ2n) is 5.18. The number of nitrogens with one attached hydrogen (secondary N) is 2. The Morgan fingerprint density at radius 2 is 1.78 bits per heavy atom. The van der Waals surface area contributed by atoms with E-state index >= 15 is 0 Å². The number of rotatable bonds is 5. The van der Waals surface area contributed by atoms with E-state index in [-0.39, 0.29) is 23.0 Å². The maximum Gasteiger partial charge on any atom is 0.243 e. The minimum absolute atomic E-state index is 0.103. The number of anilines is 2. The molecule has 2 aromatic carbocycles. The zero-order valence-electron chi connectivity index (χ0n) is 12.8. The standard InChI is InChI=1S/C16H17FN2O3S/c1-11-3-8-15(14(17)9-11)18-10-16(20)19-12-4-6-13(7-5-12)23(2,21)22/h3-9,18H,10H2,1-2H3,(H,19,20). The lowest BCUT2D eigenvalue weighted by Crippen LogP contribution is -2.22. The van der Waals surface area contributed by atoms with E-state index in [0.717, 1.165) is 11.8 Å². The molecular weight excluding hydrogens is 319 g/mol. The van der Waals surface area contributed by atoms with E-state index in [1.807, 2.05) is 0 Å². The quantitative estimate of drug-likeness (QED) is 0.880. The van der Waals surface area contributed by atoms with Crippen LogP contribution in [-0.2, 0) is 14.6 Å². The van der Waals surface area contributed by atoms with Crippen LogP contribution >= 0.6 is 0 Å². The fourth-order valence-electron chi connectivity index (χ4n) is 1.93. The Balaban J connectivity index is 1.94. The molecule has 7 heteroatoms. The molecule has 2 rings (SSSR count). The summed E-state index contributed by atoms with van der Waals surface area (Å²) in [6, 6.07) is 10.5. The van der Waals surface area contributed by atoms with Gasteiger partial charge >= 0.3 is 0 Å². The number of carbonyl (C=O) groups is 1. The Morgan fingerprint density at radius 1 is 1.13 bits per heavy atom. The lowest BCUT2D eigenvalue weighted by Gasteiger charge is -2.09. The van der Waals surface area contributed by atoms with Gasteiger partial charge in [0.2, 0.25) is 5.91 Å². The van der Waals surface area contributed by atoms with Crippen LogP contribution in [0.4, 0.5) is 15.8 Å². The van der Waals surface area contributed by atoms with Gasteiger partial charge in [0.1, 0.15) is 5.82 Å². The highest BCUT2D eigenvalue weighted by Crippen LogP contribution is 2.16. The van der Waals surface area contributed by atoms with Crippen molar-refractivity contribution in [2.45, 2.75) is 11.8 Å². The van der Waals surface area contributed by atoms with Crippen molar-refractivity contribution in [3.05, 3.63) is 53.8 Å². The van der Waals surface area contributed by atoms with E-state index in [1.165, 1.54) is 30.3 Å². The smallest absolute Gasteiger partial charge is 0.243 e. The van der Waals surface area contributed by atoms with Gasteiger partial charge in [-0.05, 0) is 48.9 Å². The number of sulfone groups is 1. The molecule has 1 amide bonds. The first-order valence-corrected chi connectivity index (χ1v) is 8.75. The number of carbonyl (C=O) groups excluding carboxylic acids is 1. The average Bonchev–Trinajstić information content (AvgIpc) is 2.46. The molecule has 0 unspecified atom stereocenters. The fraction of sp³-hybridized carbons (Fsp3) is 0.188. The Bertz CT molecular complexity index is 818. The van der Waals surface area contributed by atoms with Crippen molar-refractivity contribution < 1.29 is 17.6 Å². The van der Waals surface area contributed by atoms with Gasteiger partial charge in [0.05, 0.1) is 17.1 Å². The molecule has 5 nitrogen and oxygen atoms in total. The Hall–Kier alpha value is -2.41. The molecule has 0 aliphatic heterocycles. The Kier molecular flexibility index (Phi) is 5.00. The molecule has 0 heterocycles. The summed E-state index contributed by atoms with van der Waals surface area (Å²) in [4.78, 5) is 12.0. The van der Waals surface area contributed by atoms with Crippen LogP contribution in [-0.4, -0.2) is 27.1 Å². The van der Waals surface area contributed by atoms with Gasteiger partial charge in [-0.1, -0.05) is 6.07 Å². The predicted octanol–water partition coefficient (Wildman–Crippen LogP) is 2.59. The van der Waals surface area contributed by atoms with Crippen molar-refractivity contribution in [1.29, 1.82) is 0 Å². The minimum Gasteiger partial charge on any atom is -0.374 e. The van der Waals surface area contributed by atoms with Crippen molar-refractivity contribution in [1.82, 2.24) is 0 Å². The largest absolute Gasteiger partial charge is 0.374 e. The molecule has 0 bridgehead atoms. The average molecular weight is 336 g/mol. The molecule has 0 radical (unpaired) electrons. The maximum absolute atomic E-state index is 13.6. The first-order valence-electron chi connectivity index (χ1n) is 6.86. The summed E-state index contributed by atoms with van der Waals surface area (Å²) in [7, 11) is -3.27. The molecule has 23 heavy (non-hydrogen) atoms. The van der Waals surface area contributed by atoms with Crippen molar-refractivity contribution in [2.75, 3.05) is 23.4 Å². The third-order valence-electron chi connectivity index (χ3n) is 3.13. The second-order valence-corrected chi connectivity index (χ2v) is 7.20. The van der Waals surface area contributed by atoms with E-state index in [0.29, 0.717) is 5.69 Å². The molecule has 2 aromatic rings. The molecule has 0 aromatic heterocycles. The molecule has 0 aliphatic rings. The first kappa shape index (κ1) is 17.0. The lowest BCUT2D eigenvalue weighted by molar-refractivity contribution is -0.114. The van der Waals surface area contributed by atoms with E-state index in [9.17, 15) is 17.6 Å². The summed E-state index contributed by atoms with van der Waals surface area (Å²) in [5.41, 5.74) is 1.51. The van der Waals surface area contributed by atoms with Crippen molar-refractivity contribution in [2.24, 2.45) is 0 Å². The summed E-state index contributed by atoms with van der Waals surface area (Å²) in [5.74, 6) is -0.785. The lowest BCUT2D eigenvalue weighted by atomic mass is 10.2. The zero-order chi connectivity index (χ0) is 17.0. The molecule has 0 fully saturated rings. The van der Waals surface area contributed by atoms with E-state index < -0.39 is 15.7 Å². The van der Waals surface area contributed by atoms with Gasteiger partial charge in [0.25, 0.3) is 0 Å². The number of hydrogen-bond donors (Lipinski definition) is 2.